The average molecular weight is 254 g/mol. The molecule has 106 valence electrons. The van der Waals surface area contributed by atoms with Gasteiger partial charge in [0, 0.05) is 19.0 Å². The van der Waals surface area contributed by atoms with E-state index in [2.05, 4.69) is 24.1 Å². The Morgan fingerprint density at radius 3 is 2.56 bits per heavy atom. The Bertz CT molecular complexity index is 235. The molecule has 1 atom stereocenters. The fourth-order valence-corrected chi connectivity index (χ4v) is 3.07. The van der Waals surface area contributed by atoms with Crippen molar-refractivity contribution in [1.82, 2.24) is 10.2 Å². The first-order chi connectivity index (χ1) is 8.72. The molecular weight excluding hydrogens is 224 g/mol. The van der Waals surface area contributed by atoms with Gasteiger partial charge >= 0.3 is 0 Å². The fraction of sp³-hybridized carbons (Fsp3) is 0.933. The number of piperidine rings is 1. The second-order valence-electron chi connectivity index (χ2n) is 5.62. The third kappa shape index (κ3) is 4.60. The molecule has 1 fully saturated rings. The summed E-state index contributed by atoms with van der Waals surface area (Å²) in [6.45, 7) is 7.33. The lowest BCUT2D eigenvalue weighted by Crippen LogP contribution is -2.45. The minimum atomic E-state index is 0.272. The first-order valence-corrected chi connectivity index (χ1v) is 7.66. The lowest BCUT2D eigenvalue weighted by atomic mass is 9.93. The van der Waals surface area contributed by atoms with Crippen molar-refractivity contribution in [2.75, 3.05) is 26.7 Å². The van der Waals surface area contributed by atoms with E-state index in [0.29, 0.717) is 11.8 Å². The summed E-state index contributed by atoms with van der Waals surface area (Å²) in [6, 6.07) is 0. The van der Waals surface area contributed by atoms with Gasteiger partial charge in [0.25, 0.3) is 0 Å². The molecule has 1 unspecified atom stereocenters. The smallest absolute Gasteiger partial charge is 0.225 e. The third-order valence-electron chi connectivity index (χ3n) is 3.95. The summed E-state index contributed by atoms with van der Waals surface area (Å²) in [5.74, 6) is 1.34. The average Bonchev–Trinajstić information content (AvgIpc) is 2.38. The van der Waals surface area contributed by atoms with Gasteiger partial charge < -0.3 is 10.2 Å². The molecule has 0 aromatic carbocycles. The van der Waals surface area contributed by atoms with Crippen molar-refractivity contribution in [3.8, 4) is 0 Å². The molecule has 0 aliphatic carbocycles. The zero-order chi connectivity index (χ0) is 13.4. The van der Waals surface area contributed by atoms with Crippen LogP contribution in [0.15, 0.2) is 0 Å². The summed E-state index contributed by atoms with van der Waals surface area (Å²) in [4.78, 5) is 14.7. The molecule has 3 nitrogen and oxygen atoms in total. The van der Waals surface area contributed by atoms with Crippen molar-refractivity contribution in [3.63, 3.8) is 0 Å². The van der Waals surface area contributed by atoms with E-state index in [1.54, 1.807) is 0 Å². The Kier molecular flexibility index (Phi) is 7.33. The normalized spacial score (nSPS) is 20.4. The molecule has 0 aromatic rings. The summed E-state index contributed by atoms with van der Waals surface area (Å²) in [5.41, 5.74) is 0. The van der Waals surface area contributed by atoms with Gasteiger partial charge in [-0.05, 0) is 45.2 Å². The van der Waals surface area contributed by atoms with Gasteiger partial charge in [0.15, 0.2) is 0 Å². The molecule has 18 heavy (non-hydrogen) atoms. The number of amides is 1. The summed E-state index contributed by atoms with van der Waals surface area (Å²) < 4.78 is 0. The van der Waals surface area contributed by atoms with Gasteiger partial charge in [0.1, 0.15) is 0 Å². The van der Waals surface area contributed by atoms with Crippen molar-refractivity contribution < 1.29 is 4.79 Å². The van der Waals surface area contributed by atoms with Crippen LogP contribution in [0.5, 0.6) is 0 Å². The number of nitrogens with zero attached hydrogens (tertiary/aromatic N) is 1. The minimum absolute atomic E-state index is 0.272. The predicted octanol–water partition coefficient (Wildman–Crippen LogP) is 2.66. The van der Waals surface area contributed by atoms with Crippen LogP contribution in [0.4, 0.5) is 0 Å². The number of likely N-dealkylation sites (tertiary alicyclic amines) is 1. The molecule has 1 rings (SSSR count). The van der Waals surface area contributed by atoms with Crippen LogP contribution in [0.3, 0.4) is 0 Å². The van der Waals surface area contributed by atoms with Gasteiger partial charge in [-0.25, -0.2) is 0 Å². The van der Waals surface area contributed by atoms with Gasteiger partial charge in [-0.3, -0.25) is 4.79 Å². The molecule has 1 amide bonds. The zero-order valence-electron chi connectivity index (χ0n) is 12.4. The Balaban J connectivity index is 2.52. The summed E-state index contributed by atoms with van der Waals surface area (Å²) in [5, 5.41) is 3.24. The highest BCUT2D eigenvalue weighted by Gasteiger charge is 2.27. The summed E-state index contributed by atoms with van der Waals surface area (Å²) in [6.07, 6.45) is 6.77. The van der Waals surface area contributed by atoms with Crippen LogP contribution < -0.4 is 5.32 Å². The van der Waals surface area contributed by atoms with Crippen molar-refractivity contribution in [1.29, 1.82) is 0 Å². The number of hydrogen-bond acceptors (Lipinski definition) is 2. The second-order valence-corrected chi connectivity index (χ2v) is 5.62. The van der Waals surface area contributed by atoms with E-state index < -0.39 is 0 Å². The molecule has 0 radical (unpaired) electrons. The minimum Gasteiger partial charge on any atom is -0.342 e. The van der Waals surface area contributed by atoms with Crippen LogP contribution in [0.1, 0.15) is 52.4 Å². The third-order valence-corrected chi connectivity index (χ3v) is 3.95. The second kappa shape index (κ2) is 8.52. The Labute approximate surface area is 112 Å². The lowest BCUT2D eigenvalue weighted by Gasteiger charge is -2.35. The Hall–Kier alpha value is -0.570. The van der Waals surface area contributed by atoms with E-state index >= 15 is 0 Å². The fourth-order valence-electron chi connectivity index (χ4n) is 3.07. The molecule has 1 aliphatic rings. The molecule has 1 N–H and O–H groups in total. The van der Waals surface area contributed by atoms with Gasteiger partial charge in [0.05, 0.1) is 0 Å². The van der Waals surface area contributed by atoms with Crippen molar-refractivity contribution in [3.05, 3.63) is 0 Å². The number of rotatable bonds is 7. The molecule has 1 saturated heterocycles. The van der Waals surface area contributed by atoms with E-state index in [9.17, 15) is 4.79 Å². The van der Waals surface area contributed by atoms with Gasteiger partial charge in [-0.1, -0.05) is 26.7 Å². The quantitative estimate of drug-likeness (QED) is 0.757. The molecule has 0 bridgehead atoms. The maximum atomic E-state index is 12.5. The maximum absolute atomic E-state index is 12.5. The highest BCUT2D eigenvalue weighted by molar-refractivity contribution is 5.78. The number of carbonyl (C=O) groups is 1. The van der Waals surface area contributed by atoms with Crippen LogP contribution in [-0.2, 0) is 4.79 Å². The number of hydrogen-bond donors (Lipinski definition) is 1. The zero-order valence-corrected chi connectivity index (χ0v) is 12.4. The van der Waals surface area contributed by atoms with Crippen molar-refractivity contribution in [2.45, 2.75) is 52.4 Å². The monoisotopic (exact) mass is 254 g/mol. The van der Waals surface area contributed by atoms with E-state index in [1.165, 1.54) is 12.8 Å². The van der Waals surface area contributed by atoms with E-state index in [4.69, 9.17) is 0 Å². The molecule has 0 aromatic heterocycles. The standard InChI is InChI=1S/C15H30N2O/c1-4-7-14(8-5-2)15(18)17-10-6-9-13(12-17)11-16-3/h13-14,16H,4-12H2,1-3H3. The first-order valence-electron chi connectivity index (χ1n) is 7.66. The first kappa shape index (κ1) is 15.5. The van der Waals surface area contributed by atoms with Crippen LogP contribution in [0.2, 0.25) is 0 Å². The number of nitrogens with one attached hydrogen (secondary N) is 1. The van der Waals surface area contributed by atoms with Crippen molar-refractivity contribution >= 4 is 5.91 Å². The van der Waals surface area contributed by atoms with E-state index in [-0.39, 0.29) is 5.92 Å². The van der Waals surface area contributed by atoms with Gasteiger partial charge in [-0.2, -0.15) is 0 Å². The lowest BCUT2D eigenvalue weighted by molar-refractivity contribution is -0.137. The maximum Gasteiger partial charge on any atom is 0.225 e. The van der Waals surface area contributed by atoms with Crippen molar-refractivity contribution in [2.24, 2.45) is 11.8 Å². The molecule has 0 spiro atoms. The van der Waals surface area contributed by atoms with Gasteiger partial charge in [-0.15, -0.1) is 0 Å². The SMILES string of the molecule is CCCC(CCC)C(=O)N1CCCC(CNC)C1. The Morgan fingerprint density at radius 2 is 2.00 bits per heavy atom. The van der Waals surface area contributed by atoms with Crippen LogP contribution in [0.25, 0.3) is 0 Å². The van der Waals surface area contributed by atoms with E-state index in [1.807, 2.05) is 7.05 Å². The van der Waals surface area contributed by atoms with Crippen LogP contribution in [-0.4, -0.2) is 37.5 Å². The highest BCUT2D eigenvalue weighted by Crippen LogP contribution is 2.22. The topological polar surface area (TPSA) is 32.3 Å². The van der Waals surface area contributed by atoms with Crippen LogP contribution >= 0.6 is 0 Å². The molecular formula is C15H30N2O. The van der Waals surface area contributed by atoms with Crippen LogP contribution in [0, 0.1) is 11.8 Å². The predicted molar refractivity (Wildman–Crippen MR) is 76.5 cm³/mol. The number of carbonyl (C=O) groups excluding carboxylic acids is 1. The molecule has 0 saturated carbocycles. The summed E-state index contributed by atoms with van der Waals surface area (Å²) in [7, 11) is 2.00. The highest BCUT2D eigenvalue weighted by atomic mass is 16.2. The Morgan fingerprint density at radius 1 is 1.33 bits per heavy atom. The summed E-state index contributed by atoms with van der Waals surface area (Å²) >= 11 is 0. The largest absolute Gasteiger partial charge is 0.342 e. The molecule has 3 heteroatoms. The molecule has 1 aliphatic heterocycles. The van der Waals surface area contributed by atoms with E-state index in [0.717, 1.165) is 45.3 Å². The molecule has 1 heterocycles. The van der Waals surface area contributed by atoms with Gasteiger partial charge in [0.2, 0.25) is 5.91 Å².